The Morgan fingerprint density at radius 2 is 1.90 bits per heavy atom. The Bertz CT molecular complexity index is 1130. The maximum Gasteiger partial charge on any atom is 0.276 e. The summed E-state index contributed by atoms with van der Waals surface area (Å²) in [6.45, 7) is -0.794. The molecule has 1 amide bonds. The second kappa shape index (κ2) is 9.27. The van der Waals surface area contributed by atoms with Crippen molar-refractivity contribution in [2.24, 2.45) is 5.10 Å². The summed E-state index contributed by atoms with van der Waals surface area (Å²) in [7, 11) is 1.49. The highest BCUT2D eigenvalue weighted by atomic mass is 16.5. The first kappa shape index (κ1) is 21.1. The summed E-state index contributed by atoms with van der Waals surface area (Å²) in [6, 6.07) is 12.9. The van der Waals surface area contributed by atoms with E-state index in [4.69, 9.17) is 4.74 Å². The van der Waals surface area contributed by atoms with Crippen molar-refractivity contribution >= 4 is 22.7 Å². The lowest BCUT2D eigenvalue weighted by molar-refractivity contribution is 0.0183. The van der Waals surface area contributed by atoms with E-state index < -0.39 is 36.0 Å². The Morgan fingerprint density at radius 1 is 1.20 bits per heavy atom. The second-order valence-electron chi connectivity index (χ2n) is 6.29. The number of H-pyrrole nitrogens is 1. The van der Waals surface area contributed by atoms with Crippen LogP contribution in [0.1, 0.15) is 16.1 Å². The normalized spacial score (nSPS) is 13.7. The topological polar surface area (TPSA) is 157 Å². The Labute approximate surface area is 170 Å². The van der Waals surface area contributed by atoms with E-state index in [0.29, 0.717) is 16.8 Å². The van der Waals surface area contributed by atoms with Crippen LogP contribution < -0.4 is 15.7 Å². The predicted octanol–water partition coefficient (Wildman–Crippen LogP) is -0.220. The van der Waals surface area contributed by atoms with E-state index in [9.17, 15) is 24.9 Å². The van der Waals surface area contributed by atoms with Crippen molar-refractivity contribution in [1.29, 1.82) is 0 Å². The molecule has 1 heterocycles. The molecule has 0 saturated carbocycles. The van der Waals surface area contributed by atoms with Gasteiger partial charge in [-0.2, -0.15) is 5.10 Å². The van der Waals surface area contributed by atoms with Crippen molar-refractivity contribution in [2.45, 2.75) is 12.2 Å². The number of carbonyl (C=O) groups excluding carboxylic acids is 1. The van der Waals surface area contributed by atoms with Crippen LogP contribution >= 0.6 is 0 Å². The lowest BCUT2D eigenvalue weighted by atomic mass is 10.1. The van der Waals surface area contributed by atoms with Crippen LogP contribution in [0.15, 0.2) is 58.4 Å². The highest BCUT2D eigenvalue weighted by Gasteiger charge is 2.27. The molecule has 3 rings (SSSR count). The monoisotopic (exact) mass is 412 g/mol. The third-order valence-electron chi connectivity index (χ3n) is 4.30. The van der Waals surface area contributed by atoms with Crippen molar-refractivity contribution in [3.8, 4) is 5.75 Å². The molecule has 0 aliphatic heterocycles. The van der Waals surface area contributed by atoms with Gasteiger partial charge in [0, 0.05) is 5.56 Å². The highest BCUT2D eigenvalue weighted by molar-refractivity contribution is 6.04. The zero-order valence-corrected chi connectivity index (χ0v) is 15.9. The molecule has 3 aromatic rings. The number of rotatable bonds is 7. The fourth-order valence-electron chi connectivity index (χ4n) is 2.66. The molecule has 10 nitrogen and oxygen atoms in total. The van der Waals surface area contributed by atoms with Crippen molar-refractivity contribution in [2.75, 3.05) is 13.7 Å². The fraction of sp³-hybridized carbons (Fsp3) is 0.200. The van der Waals surface area contributed by atoms with E-state index >= 15 is 0 Å². The summed E-state index contributed by atoms with van der Waals surface area (Å²) in [4.78, 5) is 31.7. The molecule has 0 aliphatic carbocycles. The minimum absolute atomic E-state index is 0.247. The van der Waals surface area contributed by atoms with Crippen LogP contribution in [0.2, 0.25) is 0 Å². The Kier molecular flexibility index (Phi) is 6.52. The summed E-state index contributed by atoms with van der Waals surface area (Å²) in [6.07, 6.45) is -3.42. The Balaban J connectivity index is 1.99. The number of aliphatic hydroxyl groups excluding tert-OH is 3. The zero-order chi connectivity index (χ0) is 21.7. The van der Waals surface area contributed by atoms with Gasteiger partial charge >= 0.3 is 0 Å². The van der Waals surface area contributed by atoms with E-state index in [0.717, 1.165) is 0 Å². The number of aromatic nitrogens is 2. The van der Waals surface area contributed by atoms with Gasteiger partial charge in [0.15, 0.2) is 5.69 Å². The number of carbonyl (C=O) groups is 1. The number of hydrogen-bond acceptors (Lipinski definition) is 8. The molecule has 2 unspecified atom stereocenters. The third kappa shape index (κ3) is 4.51. The molecule has 156 valence electrons. The van der Waals surface area contributed by atoms with Crippen molar-refractivity contribution in [1.82, 2.24) is 15.4 Å². The van der Waals surface area contributed by atoms with Crippen LogP contribution in [0.5, 0.6) is 5.75 Å². The molecule has 0 aliphatic rings. The van der Waals surface area contributed by atoms with Crippen molar-refractivity contribution in [3.05, 3.63) is 70.1 Å². The number of methoxy groups -OCH3 is 1. The van der Waals surface area contributed by atoms with Crippen LogP contribution in [0, 0.1) is 0 Å². The van der Waals surface area contributed by atoms with Crippen LogP contribution in [0.3, 0.4) is 0 Å². The van der Waals surface area contributed by atoms with Crippen LogP contribution in [-0.2, 0) is 0 Å². The standard InChI is InChI=1S/C20H20N4O6/c1-30-12-8-6-11(7-9-12)19(28)24-23-16(18(27)15(26)10-25)17-20(29)22-14-5-3-2-4-13(14)21-17/h2-9,15,18,25-27H,10H2,1H3,(H,22,29)(H,24,28). The number of hydrazone groups is 1. The number of aromatic amines is 1. The summed E-state index contributed by atoms with van der Waals surface area (Å²) in [5.41, 5.74) is 1.97. The maximum atomic E-state index is 12.5. The Hall–Kier alpha value is -3.60. The first-order valence-electron chi connectivity index (χ1n) is 8.93. The quantitative estimate of drug-likeness (QED) is 0.265. The maximum absolute atomic E-state index is 12.5. The molecule has 2 aromatic carbocycles. The van der Waals surface area contributed by atoms with Crippen LogP contribution in [0.25, 0.3) is 11.0 Å². The summed E-state index contributed by atoms with van der Waals surface area (Å²) >= 11 is 0. The molecule has 0 fully saturated rings. The average molecular weight is 412 g/mol. The van der Waals surface area contributed by atoms with Gasteiger partial charge in [-0.3, -0.25) is 9.59 Å². The van der Waals surface area contributed by atoms with Gasteiger partial charge in [-0.25, -0.2) is 10.4 Å². The number of fused-ring (bicyclic) bond motifs is 1. The van der Waals surface area contributed by atoms with E-state index in [-0.39, 0.29) is 11.3 Å². The molecule has 0 bridgehead atoms. The van der Waals surface area contributed by atoms with Gasteiger partial charge in [0.25, 0.3) is 11.5 Å². The van der Waals surface area contributed by atoms with Crippen molar-refractivity contribution in [3.63, 3.8) is 0 Å². The smallest absolute Gasteiger partial charge is 0.276 e. The molecule has 1 aromatic heterocycles. The lowest BCUT2D eigenvalue weighted by Crippen LogP contribution is -2.41. The lowest BCUT2D eigenvalue weighted by Gasteiger charge is -2.17. The van der Waals surface area contributed by atoms with Gasteiger partial charge in [0.2, 0.25) is 0 Å². The van der Waals surface area contributed by atoms with Gasteiger partial charge in [-0.15, -0.1) is 0 Å². The Morgan fingerprint density at radius 3 is 2.57 bits per heavy atom. The van der Waals surface area contributed by atoms with Gasteiger partial charge in [-0.1, -0.05) is 12.1 Å². The molecule has 0 spiro atoms. The number of ether oxygens (including phenoxy) is 1. The zero-order valence-electron chi connectivity index (χ0n) is 15.9. The molecule has 0 radical (unpaired) electrons. The average Bonchev–Trinajstić information content (AvgIpc) is 2.78. The molecule has 0 saturated heterocycles. The fourth-order valence-corrected chi connectivity index (χ4v) is 2.66. The van der Waals surface area contributed by atoms with Gasteiger partial charge in [0.05, 0.1) is 24.8 Å². The predicted molar refractivity (Wildman–Crippen MR) is 108 cm³/mol. The first-order chi connectivity index (χ1) is 14.4. The first-order valence-corrected chi connectivity index (χ1v) is 8.93. The van der Waals surface area contributed by atoms with Gasteiger partial charge < -0.3 is 25.0 Å². The number of para-hydroxylation sites is 2. The van der Waals surface area contributed by atoms with Crippen LogP contribution in [-0.4, -0.2) is 62.8 Å². The van der Waals surface area contributed by atoms with E-state index in [1.165, 1.54) is 19.2 Å². The van der Waals surface area contributed by atoms with E-state index in [2.05, 4.69) is 20.5 Å². The molecule has 30 heavy (non-hydrogen) atoms. The number of benzene rings is 2. The summed E-state index contributed by atoms with van der Waals surface area (Å²) < 4.78 is 5.03. The van der Waals surface area contributed by atoms with E-state index in [1.807, 2.05) is 0 Å². The summed E-state index contributed by atoms with van der Waals surface area (Å²) in [5.74, 6) is -0.0674. The third-order valence-corrected chi connectivity index (χ3v) is 4.30. The van der Waals surface area contributed by atoms with E-state index in [1.54, 1.807) is 36.4 Å². The second-order valence-corrected chi connectivity index (χ2v) is 6.29. The molecule has 2 atom stereocenters. The minimum Gasteiger partial charge on any atom is -0.497 e. The SMILES string of the molecule is COc1ccc(C(=O)NN=C(c2nc3ccccc3[nH]c2=O)C(O)C(O)CO)cc1. The molecule has 10 heteroatoms. The number of nitrogens with one attached hydrogen (secondary N) is 2. The largest absolute Gasteiger partial charge is 0.497 e. The number of amides is 1. The van der Waals surface area contributed by atoms with Crippen LogP contribution in [0.4, 0.5) is 0 Å². The van der Waals surface area contributed by atoms with Crippen molar-refractivity contribution < 1.29 is 24.9 Å². The van der Waals surface area contributed by atoms with Gasteiger partial charge in [-0.05, 0) is 36.4 Å². The molecule has 5 N–H and O–H groups in total. The summed E-state index contributed by atoms with van der Waals surface area (Å²) in [5, 5.41) is 33.2. The minimum atomic E-state index is -1.78. The number of aliphatic hydroxyl groups is 3. The number of hydrogen-bond donors (Lipinski definition) is 5. The van der Waals surface area contributed by atoms with Gasteiger partial charge in [0.1, 0.15) is 23.7 Å². The molecular formula is C20H20N4O6. The molecular weight excluding hydrogens is 392 g/mol. The number of nitrogens with zero attached hydrogens (tertiary/aromatic N) is 2. The highest BCUT2D eigenvalue weighted by Crippen LogP contribution is 2.12.